The molecule has 26 heavy (non-hydrogen) atoms. The van der Waals surface area contributed by atoms with Crippen molar-refractivity contribution in [1.29, 1.82) is 0 Å². The second kappa shape index (κ2) is 8.28. The first-order valence-electron chi connectivity index (χ1n) is 10.6. The maximum absolute atomic E-state index is 12.8. The molecule has 0 aromatic heterocycles. The third-order valence-electron chi connectivity index (χ3n) is 6.45. The number of cyclic esters (lactones) is 1. The molecule has 0 bridgehead atoms. The van der Waals surface area contributed by atoms with Crippen molar-refractivity contribution in [2.24, 2.45) is 11.8 Å². The first kappa shape index (κ1) is 17.6. The summed E-state index contributed by atoms with van der Waals surface area (Å²) in [7, 11) is 0. The Kier molecular flexibility index (Phi) is 5.62. The summed E-state index contributed by atoms with van der Waals surface area (Å²) in [5.74, 6) is 2.08. The fourth-order valence-electron chi connectivity index (χ4n) is 5.09. The van der Waals surface area contributed by atoms with Crippen molar-refractivity contribution >= 4 is 12.2 Å². The second-order valence-electron chi connectivity index (χ2n) is 8.32. The number of ether oxygens (including phenoxy) is 1. The highest BCUT2D eigenvalue weighted by atomic mass is 16.6. The van der Waals surface area contributed by atoms with Crippen molar-refractivity contribution in [1.82, 2.24) is 4.90 Å². The number of carbonyl (C=O) groups is 1. The molecule has 4 rings (SSSR count). The first-order chi connectivity index (χ1) is 12.8. The number of amides is 1. The van der Waals surface area contributed by atoms with E-state index in [9.17, 15) is 4.79 Å². The predicted octanol–water partition coefficient (Wildman–Crippen LogP) is 6.01. The molecule has 3 heteroatoms. The van der Waals surface area contributed by atoms with Crippen LogP contribution >= 0.6 is 0 Å². The predicted molar refractivity (Wildman–Crippen MR) is 105 cm³/mol. The molecule has 2 aliphatic carbocycles. The van der Waals surface area contributed by atoms with Gasteiger partial charge in [0.15, 0.2) is 0 Å². The van der Waals surface area contributed by atoms with Crippen LogP contribution in [-0.2, 0) is 4.74 Å². The van der Waals surface area contributed by atoms with E-state index in [-0.39, 0.29) is 12.1 Å². The van der Waals surface area contributed by atoms with Crippen molar-refractivity contribution < 1.29 is 9.53 Å². The van der Waals surface area contributed by atoms with Gasteiger partial charge >= 0.3 is 6.09 Å². The van der Waals surface area contributed by atoms with E-state index in [1.807, 2.05) is 18.2 Å². The molecular weight excluding hydrogens is 322 g/mol. The summed E-state index contributed by atoms with van der Waals surface area (Å²) in [4.78, 5) is 14.8. The van der Waals surface area contributed by atoms with Gasteiger partial charge in [-0.3, -0.25) is 4.90 Å². The highest BCUT2D eigenvalue weighted by Gasteiger charge is 2.43. The van der Waals surface area contributed by atoms with E-state index in [0.717, 1.165) is 17.9 Å². The SMILES string of the molecule is O=C1O/C(=C\c2ccccc2)C(C2CCCCC2)N1CC1CCCCC1. The van der Waals surface area contributed by atoms with E-state index < -0.39 is 0 Å². The highest BCUT2D eigenvalue weighted by molar-refractivity contribution is 5.75. The smallest absolute Gasteiger partial charge is 0.412 e. The van der Waals surface area contributed by atoms with Gasteiger partial charge in [0.05, 0.1) is 6.04 Å². The summed E-state index contributed by atoms with van der Waals surface area (Å²) >= 11 is 0. The van der Waals surface area contributed by atoms with E-state index in [1.165, 1.54) is 64.2 Å². The zero-order valence-corrected chi connectivity index (χ0v) is 15.7. The zero-order valence-electron chi connectivity index (χ0n) is 15.7. The van der Waals surface area contributed by atoms with Gasteiger partial charge in [-0.05, 0) is 49.2 Å². The van der Waals surface area contributed by atoms with Crippen LogP contribution in [-0.4, -0.2) is 23.6 Å². The molecule has 1 heterocycles. The molecule has 1 aromatic carbocycles. The Labute approximate surface area is 157 Å². The minimum atomic E-state index is -0.117. The minimum absolute atomic E-state index is 0.117. The zero-order chi connectivity index (χ0) is 17.8. The first-order valence-corrected chi connectivity index (χ1v) is 10.6. The summed E-state index contributed by atoms with van der Waals surface area (Å²) in [6, 6.07) is 10.4. The fourth-order valence-corrected chi connectivity index (χ4v) is 5.09. The molecule has 1 aliphatic heterocycles. The van der Waals surface area contributed by atoms with Crippen LogP contribution in [0.3, 0.4) is 0 Å². The van der Waals surface area contributed by atoms with E-state index in [0.29, 0.717) is 11.8 Å². The number of hydrogen-bond donors (Lipinski definition) is 0. The van der Waals surface area contributed by atoms with E-state index >= 15 is 0 Å². The number of benzene rings is 1. The molecule has 2 saturated carbocycles. The lowest BCUT2D eigenvalue weighted by Gasteiger charge is -2.34. The van der Waals surface area contributed by atoms with Gasteiger partial charge in [-0.25, -0.2) is 4.79 Å². The molecule has 1 aromatic rings. The molecule has 140 valence electrons. The molecule has 1 atom stereocenters. The lowest BCUT2D eigenvalue weighted by atomic mass is 9.81. The maximum Gasteiger partial charge on any atom is 0.415 e. The van der Waals surface area contributed by atoms with Crippen LogP contribution in [0.5, 0.6) is 0 Å². The van der Waals surface area contributed by atoms with Crippen molar-refractivity contribution in [3.05, 3.63) is 41.7 Å². The molecule has 1 unspecified atom stereocenters. The largest absolute Gasteiger partial charge is 0.415 e. The number of carbonyl (C=O) groups excluding carboxylic acids is 1. The molecule has 0 N–H and O–H groups in total. The van der Waals surface area contributed by atoms with Crippen LogP contribution in [0, 0.1) is 11.8 Å². The summed E-state index contributed by atoms with van der Waals surface area (Å²) in [6.45, 7) is 0.881. The fraction of sp³-hybridized carbons (Fsp3) is 0.609. The van der Waals surface area contributed by atoms with Crippen molar-refractivity contribution in [3.8, 4) is 0 Å². The Morgan fingerprint density at radius 2 is 1.58 bits per heavy atom. The molecule has 3 nitrogen and oxygen atoms in total. The van der Waals surface area contributed by atoms with Gasteiger partial charge in [0.2, 0.25) is 0 Å². The standard InChI is InChI=1S/C23H31NO2/c25-23-24(17-19-12-6-2-7-13-19)22(20-14-8-3-9-15-20)21(26-23)16-18-10-4-1-5-11-18/h1,4-5,10-11,16,19-20,22H,2-3,6-9,12-15,17H2/b21-16-. The monoisotopic (exact) mass is 353 g/mol. The molecule has 3 fully saturated rings. The van der Waals surface area contributed by atoms with Gasteiger partial charge in [0, 0.05) is 6.54 Å². The molecule has 1 amide bonds. The van der Waals surface area contributed by atoms with E-state index in [4.69, 9.17) is 4.74 Å². The Bertz CT molecular complexity index is 627. The molecular formula is C23H31NO2. The topological polar surface area (TPSA) is 29.5 Å². The average Bonchev–Trinajstić information content (AvgIpc) is 2.99. The Hall–Kier alpha value is -1.77. The summed E-state index contributed by atoms with van der Waals surface area (Å²) in [5.41, 5.74) is 1.12. The van der Waals surface area contributed by atoms with Crippen LogP contribution in [0.1, 0.15) is 69.8 Å². The Morgan fingerprint density at radius 1 is 0.923 bits per heavy atom. The number of rotatable bonds is 4. The van der Waals surface area contributed by atoms with E-state index in [1.54, 1.807) is 0 Å². The maximum atomic E-state index is 12.8. The summed E-state index contributed by atoms with van der Waals surface area (Å²) in [6.07, 6.45) is 14.8. The van der Waals surface area contributed by atoms with Crippen LogP contribution in [0.25, 0.3) is 6.08 Å². The van der Waals surface area contributed by atoms with Gasteiger partial charge in [-0.2, -0.15) is 0 Å². The van der Waals surface area contributed by atoms with Gasteiger partial charge in [0.1, 0.15) is 5.76 Å². The Morgan fingerprint density at radius 3 is 2.27 bits per heavy atom. The van der Waals surface area contributed by atoms with Crippen molar-refractivity contribution in [3.63, 3.8) is 0 Å². The van der Waals surface area contributed by atoms with E-state index in [2.05, 4.69) is 23.1 Å². The van der Waals surface area contributed by atoms with Crippen LogP contribution < -0.4 is 0 Å². The number of hydrogen-bond acceptors (Lipinski definition) is 2. The average molecular weight is 354 g/mol. The molecule has 0 radical (unpaired) electrons. The van der Waals surface area contributed by atoms with Gasteiger partial charge in [0.25, 0.3) is 0 Å². The van der Waals surface area contributed by atoms with Crippen LogP contribution in [0.15, 0.2) is 36.1 Å². The Balaban J connectivity index is 1.58. The minimum Gasteiger partial charge on any atom is -0.412 e. The summed E-state index contributed by atoms with van der Waals surface area (Å²) in [5, 5.41) is 0. The highest BCUT2D eigenvalue weighted by Crippen LogP contribution is 2.39. The third-order valence-corrected chi connectivity index (χ3v) is 6.45. The lowest BCUT2D eigenvalue weighted by molar-refractivity contribution is 0.136. The van der Waals surface area contributed by atoms with Gasteiger partial charge in [-0.15, -0.1) is 0 Å². The van der Waals surface area contributed by atoms with Crippen molar-refractivity contribution in [2.45, 2.75) is 70.3 Å². The van der Waals surface area contributed by atoms with Gasteiger partial charge in [-0.1, -0.05) is 68.9 Å². The molecule has 1 saturated heterocycles. The lowest BCUT2D eigenvalue weighted by Crippen LogP contribution is -2.42. The number of nitrogens with zero attached hydrogens (tertiary/aromatic N) is 1. The van der Waals surface area contributed by atoms with Crippen molar-refractivity contribution in [2.75, 3.05) is 6.54 Å². The third kappa shape index (κ3) is 3.97. The molecule has 3 aliphatic rings. The van der Waals surface area contributed by atoms with Crippen LogP contribution in [0.2, 0.25) is 0 Å². The van der Waals surface area contributed by atoms with Gasteiger partial charge < -0.3 is 4.74 Å². The molecule has 0 spiro atoms. The van der Waals surface area contributed by atoms with Crippen LogP contribution in [0.4, 0.5) is 4.79 Å². The quantitative estimate of drug-likeness (QED) is 0.663. The second-order valence-corrected chi connectivity index (χ2v) is 8.32. The summed E-state index contributed by atoms with van der Waals surface area (Å²) < 4.78 is 5.83. The normalized spacial score (nSPS) is 27.1.